The van der Waals surface area contributed by atoms with E-state index in [1.165, 1.54) is 4.88 Å². The van der Waals surface area contributed by atoms with E-state index in [4.69, 9.17) is 14.4 Å². The van der Waals surface area contributed by atoms with Crippen LogP contribution in [0.5, 0.6) is 0 Å². The lowest BCUT2D eigenvalue weighted by atomic mass is 10.1. The molecule has 0 unspecified atom stereocenters. The predicted octanol–water partition coefficient (Wildman–Crippen LogP) is 6.14. The molecule has 0 atom stereocenters. The highest BCUT2D eigenvalue weighted by atomic mass is 32.1. The molecular weight excluding hydrogens is 392 g/mol. The first-order chi connectivity index (χ1) is 14.8. The van der Waals surface area contributed by atoms with Crippen molar-refractivity contribution >= 4 is 17.2 Å². The van der Waals surface area contributed by atoms with Crippen LogP contribution in [0.1, 0.15) is 5.76 Å². The third kappa shape index (κ3) is 3.99. The molecule has 30 heavy (non-hydrogen) atoms. The van der Waals surface area contributed by atoms with Crippen LogP contribution in [0.25, 0.3) is 33.1 Å². The average molecular weight is 411 g/mol. The zero-order valence-electron chi connectivity index (χ0n) is 16.0. The summed E-state index contributed by atoms with van der Waals surface area (Å²) in [5, 5.41) is 5.41. The van der Waals surface area contributed by atoms with Gasteiger partial charge < -0.3 is 9.73 Å². The van der Waals surface area contributed by atoms with Crippen molar-refractivity contribution in [3.63, 3.8) is 0 Å². The maximum atomic E-state index is 5.43. The molecule has 4 heterocycles. The van der Waals surface area contributed by atoms with Gasteiger partial charge in [0.1, 0.15) is 11.6 Å². The van der Waals surface area contributed by atoms with Gasteiger partial charge in [-0.2, -0.15) is 0 Å². The van der Waals surface area contributed by atoms with Gasteiger partial charge in [-0.3, -0.25) is 4.98 Å². The molecule has 0 radical (unpaired) electrons. The lowest BCUT2D eigenvalue weighted by Crippen LogP contribution is -2.03. The summed E-state index contributed by atoms with van der Waals surface area (Å²) in [4.78, 5) is 15.2. The van der Waals surface area contributed by atoms with E-state index in [-0.39, 0.29) is 0 Å². The predicted molar refractivity (Wildman–Crippen MR) is 120 cm³/mol. The highest BCUT2D eigenvalue weighted by Gasteiger charge is 2.11. The lowest BCUT2D eigenvalue weighted by molar-refractivity contribution is 0.518. The highest BCUT2D eigenvalue weighted by molar-refractivity contribution is 7.13. The van der Waals surface area contributed by atoms with Crippen molar-refractivity contribution in [3.8, 4) is 33.1 Å². The quantitative estimate of drug-likeness (QED) is 0.364. The fraction of sp³-hybridized carbons (Fsp3) is 0.0417. The molecule has 1 N–H and O–H groups in total. The normalized spacial score (nSPS) is 10.8. The molecule has 0 aliphatic rings. The molecule has 1 aromatic carbocycles. The Kier molecular flexibility index (Phi) is 5.06. The van der Waals surface area contributed by atoms with Gasteiger partial charge in [0.15, 0.2) is 5.82 Å². The maximum absolute atomic E-state index is 5.43. The summed E-state index contributed by atoms with van der Waals surface area (Å²) in [5.41, 5.74) is 3.80. The Morgan fingerprint density at radius 2 is 1.73 bits per heavy atom. The fourth-order valence-corrected chi connectivity index (χ4v) is 3.86. The molecule has 0 saturated carbocycles. The molecule has 4 aromatic heterocycles. The van der Waals surface area contributed by atoms with E-state index in [9.17, 15) is 0 Å². The lowest BCUT2D eigenvalue weighted by Gasteiger charge is -2.10. The van der Waals surface area contributed by atoms with Crippen molar-refractivity contribution in [1.82, 2.24) is 15.0 Å². The van der Waals surface area contributed by atoms with Crippen molar-refractivity contribution in [3.05, 3.63) is 96.5 Å². The van der Waals surface area contributed by atoms with Gasteiger partial charge in [0.25, 0.3) is 0 Å². The van der Waals surface area contributed by atoms with Gasteiger partial charge in [-0.15, -0.1) is 11.3 Å². The number of anilines is 1. The zero-order chi connectivity index (χ0) is 20.2. The second-order valence-corrected chi connectivity index (χ2v) is 7.65. The number of hydrogen-bond donors (Lipinski definition) is 1. The summed E-state index contributed by atoms with van der Waals surface area (Å²) in [7, 11) is 0. The fourth-order valence-electron chi connectivity index (χ4n) is 3.15. The number of benzene rings is 1. The number of furan rings is 1. The standard InChI is InChI=1S/C24H18N4OS/c1-2-6-17(7-3-1)24-27-21(13-23(28-24)26-16-20-8-4-10-29-20)18-12-19(15-25-14-18)22-9-5-11-30-22/h1-15H,16H2,(H,26,27,28). The zero-order valence-corrected chi connectivity index (χ0v) is 16.8. The van der Waals surface area contributed by atoms with Gasteiger partial charge in [0, 0.05) is 40.0 Å². The highest BCUT2D eigenvalue weighted by Crippen LogP contribution is 2.29. The van der Waals surface area contributed by atoms with Crippen molar-refractivity contribution < 1.29 is 4.42 Å². The van der Waals surface area contributed by atoms with Gasteiger partial charge in [-0.05, 0) is 29.6 Å². The molecule has 0 spiro atoms. The molecule has 0 aliphatic carbocycles. The van der Waals surface area contributed by atoms with E-state index < -0.39 is 0 Å². The second kappa shape index (κ2) is 8.31. The van der Waals surface area contributed by atoms with Crippen molar-refractivity contribution in [2.75, 3.05) is 5.32 Å². The molecule has 0 fully saturated rings. The molecule has 6 heteroatoms. The third-order valence-corrected chi connectivity index (χ3v) is 5.54. The largest absolute Gasteiger partial charge is 0.467 e. The molecule has 5 rings (SSSR count). The van der Waals surface area contributed by atoms with Crippen molar-refractivity contribution in [2.45, 2.75) is 6.54 Å². The Labute approximate surface area is 178 Å². The summed E-state index contributed by atoms with van der Waals surface area (Å²) < 4.78 is 5.43. The van der Waals surface area contributed by atoms with Crippen LogP contribution in [0.2, 0.25) is 0 Å². The Balaban J connectivity index is 1.55. The Bertz CT molecular complexity index is 1240. The van der Waals surface area contributed by atoms with Crippen molar-refractivity contribution in [2.24, 2.45) is 0 Å². The molecule has 0 bridgehead atoms. The monoisotopic (exact) mass is 410 g/mol. The maximum Gasteiger partial charge on any atom is 0.162 e. The minimum Gasteiger partial charge on any atom is -0.467 e. The van der Waals surface area contributed by atoms with Gasteiger partial charge >= 0.3 is 0 Å². The molecule has 146 valence electrons. The molecule has 0 amide bonds. The van der Waals surface area contributed by atoms with Crippen LogP contribution in [0.3, 0.4) is 0 Å². The molecule has 0 aliphatic heterocycles. The summed E-state index contributed by atoms with van der Waals surface area (Å²) in [6, 6.07) is 22.0. The number of pyridine rings is 1. The number of hydrogen-bond acceptors (Lipinski definition) is 6. The minimum absolute atomic E-state index is 0.547. The van der Waals surface area contributed by atoms with Crippen LogP contribution >= 0.6 is 11.3 Å². The van der Waals surface area contributed by atoms with Crippen LogP contribution in [-0.2, 0) is 6.54 Å². The van der Waals surface area contributed by atoms with E-state index in [2.05, 4.69) is 27.8 Å². The van der Waals surface area contributed by atoms with E-state index in [0.29, 0.717) is 12.4 Å². The summed E-state index contributed by atoms with van der Waals surface area (Å²) in [6.07, 6.45) is 5.38. The minimum atomic E-state index is 0.547. The van der Waals surface area contributed by atoms with Gasteiger partial charge in [0.05, 0.1) is 18.5 Å². The first-order valence-electron chi connectivity index (χ1n) is 9.55. The van der Waals surface area contributed by atoms with Gasteiger partial charge in [0.2, 0.25) is 0 Å². The van der Waals surface area contributed by atoms with Gasteiger partial charge in [-0.1, -0.05) is 36.4 Å². The van der Waals surface area contributed by atoms with Crippen LogP contribution in [0.15, 0.2) is 95.2 Å². The number of nitrogens with zero attached hydrogens (tertiary/aromatic N) is 3. The van der Waals surface area contributed by atoms with Crippen LogP contribution in [-0.4, -0.2) is 15.0 Å². The van der Waals surface area contributed by atoms with Gasteiger partial charge in [-0.25, -0.2) is 9.97 Å². The van der Waals surface area contributed by atoms with E-state index >= 15 is 0 Å². The summed E-state index contributed by atoms with van der Waals surface area (Å²) >= 11 is 1.69. The average Bonchev–Trinajstić information content (AvgIpc) is 3.53. The van der Waals surface area contributed by atoms with E-state index in [1.807, 2.05) is 67.0 Å². The molecular formula is C24H18N4OS. The van der Waals surface area contributed by atoms with Crippen LogP contribution < -0.4 is 5.32 Å². The Morgan fingerprint density at radius 3 is 2.53 bits per heavy atom. The van der Waals surface area contributed by atoms with E-state index in [0.717, 1.165) is 34.0 Å². The number of rotatable bonds is 6. The Morgan fingerprint density at radius 1 is 0.833 bits per heavy atom. The van der Waals surface area contributed by atoms with Crippen LogP contribution in [0, 0.1) is 0 Å². The summed E-state index contributed by atoms with van der Waals surface area (Å²) in [6.45, 7) is 0.547. The first-order valence-corrected chi connectivity index (χ1v) is 10.4. The molecule has 5 nitrogen and oxygen atoms in total. The smallest absolute Gasteiger partial charge is 0.162 e. The second-order valence-electron chi connectivity index (χ2n) is 6.70. The van der Waals surface area contributed by atoms with E-state index in [1.54, 1.807) is 17.6 Å². The topological polar surface area (TPSA) is 63.8 Å². The number of nitrogens with one attached hydrogen (secondary N) is 1. The molecule has 5 aromatic rings. The van der Waals surface area contributed by atoms with Crippen LogP contribution in [0.4, 0.5) is 5.82 Å². The SMILES string of the molecule is c1ccc(-c2nc(NCc3ccco3)cc(-c3cncc(-c4cccs4)c3)n2)cc1. The number of aromatic nitrogens is 3. The Hall–Kier alpha value is -3.77. The first kappa shape index (κ1) is 18.3. The summed E-state index contributed by atoms with van der Waals surface area (Å²) in [5.74, 6) is 2.24. The third-order valence-electron chi connectivity index (χ3n) is 4.62. The molecule has 0 saturated heterocycles. The van der Waals surface area contributed by atoms with Crippen molar-refractivity contribution in [1.29, 1.82) is 0 Å². The number of thiophene rings is 1.